The van der Waals surface area contributed by atoms with Gasteiger partial charge in [-0.15, -0.1) is 0 Å². The minimum atomic E-state index is -2.03. The highest BCUT2D eigenvalue weighted by Crippen LogP contribution is 2.28. The van der Waals surface area contributed by atoms with Crippen LogP contribution in [0.5, 0.6) is 0 Å². The van der Waals surface area contributed by atoms with Gasteiger partial charge in [-0.2, -0.15) is 0 Å². The van der Waals surface area contributed by atoms with Gasteiger partial charge in [0.05, 0.1) is 26.4 Å². The maximum atomic E-state index is 11.0. The summed E-state index contributed by atoms with van der Waals surface area (Å²) in [6, 6.07) is 0. The summed E-state index contributed by atoms with van der Waals surface area (Å²) in [5.74, 6) is -1.11. The summed E-state index contributed by atoms with van der Waals surface area (Å²) in [4.78, 5) is 11.0. The molecule has 272 valence electrons. The number of carbonyl (C=O) groups excluding carboxylic acids is 1. The van der Waals surface area contributed by atoms with Crippen molar-refractivity contribution in [3.05, 3.63) is 0 Å². The van der Waals surface area contributed by atoms with Gasteiger partial charge < -0.3 is 105 Å². The van der Waals surface area contributed by atoms with Gasteiger partial charge >= 0.3 is 0 Å². The van der Waals surface area contributed by atoms with Crippen LogP contribution in [0.25, 0.3) is 0 Å². The van der Waals surface area contributed by atoms with Gasteiger partial charge in [0.15, 0.2) is 24.7 Å². The predicted molar refractivity (Wildman–Crippen MR) is 138 cm³/mol. The number of ether oxygens (including phenoxy) is 5. The van der Waals surface area contributed by atoms with Crippen LogP contribution >= 0.6 is 0 Å². The molecule has 3 aliphatic heterocycles. The number of carbonyl (C=O) groups is 1. The van der Waals surface area contributed by atoms with E-state index in [2.05, 4.69) is 0 Å². The molecule has 16 N–H and O–H groups in total. The van der Waals surface area contributed by atoms with Crippen LogP contribution in [0.15, 0.2) is 0 Å². The second-order valence-electron chi connectivity index (χ2n) is 10.7. The molecule has 0 radical (unpaired) electrons. The summed E-state index contributed by atoms with van der Waals surface area (Å²) in [7, 11) is 0. The van der Waals surface area contributed by atoms with Crippen molar-refractivity contribution in [2.75, 3.05) is 33.0 Å². The molecule has 3 rings (SSSR count). The van der Waals surface area contributed by atoms with E-state index in [-0.39, 0.29) is 0 Å². The molecule has 46 heavy (non-hydrogen) atoms. The predicted octanol–water partition coefficient (Wildman–Crippen LogP) is -11.0. The first kappa shape index (κ1) is 41.0. The summed E-state index contributed by atoms with van der Waals surface area (Å²) >= 11 is 0. The average molecular weight is 685 g/mol. The molecule has 0 aliphatic carbocycles. The number of aliphatic hydroxyl groups is 16. The molecule has 22 nitrogen and oxygen atoms in total. The van der Waals surface area contributed by atoms with Gasteiger partial charge in [0, 0.05) is 0 Å². The Labute approximate surface area is 260 Å². The van der Waals surface area contributed by atoms with Crippen molar-refractivity contribution in [2.45, 2.75) is 110 Å². The van der Waals surface area contributed by atoms with Gasteiger partial charge in [0.1, 0.15) is 98.2 Å². The van der Waals surface area contributed by atoms with Gasteiger partial charge in [-0.05, 0) is 0 Å². The van der Waals surface area contributed by atoms with Crippen LogP contribution in [-0.4, -0.2) is 231 Å². The molecule has 3 heterocycles. The number of hydrogen-bond donors (Lipinski definition) is 16. The molecule has 3 fully saturated rings. The molecule has 18 atom stereocenters. The summed E-state index contributed by atoms with van der Waals surface area (Å²) in [6.45, 7) is -3.75. The van der Waals surface area contributed by atoms with Crippen LogP contribution in [0.2, 0.25) is 0 Å². The Bertz CT molecular complexity index is 894. The van der Waals surface area contributed by atoms with Crippen molar-refractivity contribution in [3.8, 4) is 0 Å². The molecular formula is C24H44O22. The molecule has 0 bridgehead atoms. The Morgan fingerprint density at radius 2 is 1.07 bits per heavy atom. The molecular weight excluding hydrogens is 640 g/mol. The van der Waals surface area contributed by atoms with E-state index in [4.69, 9.17) is 39.0 Å². The minimum Gasteiger partial charge on any atom is -0.394 e. The monoisotopic (exact) mass is 684 g/mol. The van der Waals surface area contributed by atoms with Crippen LogP contribution < -0.4 is 0 Å². The SMILES string of the molecule is O=C(CO)[C@@H](O)[C@H](O)[C@H](O)CO[C@H]1O[C@H](CO)[C@@H](O)[C@H](O)[C@H]1O.OC[C@H]1O[C@H](O[C@H]2[C@H](O)[C@@H](O)[C@H](O)O[C@@H]2CO)[C@H](O)[C@@H](O)[C@@H]1O. The Hall–Kier alpha value is -1.17. The lowest BCUT2D eigenvalue weighted by molar-refractivity contribution is -0.355. The molecule has 0 spiro atoms. The first-order valence-electron chi connectivity index (χ1n) is 13.9. The third-order valence-corrected chi connectivity index (χ3v) is 7.46. The van der Waals surface area contributed by atoms with Gasteiger partial charge in [0.25, 0.3) is 0 Å². The fourth-order valence-corrected chi connectivity index (χ4v) is 4.56. The van der Waals surface area contributed by atoms with Crippen molar-refractivity contribution in [1.82, 2.24) is 0 Å². The first-order chi connectivity index (χ1) is 21.5. The second kappa shape index (κ2) is 18.6. The van der Waals surface area contributed by atoms with E-state index in [9.17, 15) is 71.2 Å². The standard InChI is InChI=1S/2C12H22O11/c13-1-3-5(15)6(16)9(19)12(22-3)23-10-4(2-14)21-11(20)8(18)7(10)17;13-1-4(15)7(17)8(18)5(16)3-22-12-11(21)10(20)9(19)6(2-14)23-12/h3-20H,1-2H2;5-14,16-21H,1-3H2/t3-,4-,5-,6+,7-,8-,9-,10-,11-,12-;5-,6-,7-,8-,9-,10+,11-,12+/m11/s1. The zero-order chi connectivity index (χ0) is 35.0. The largest absolute Gasteiger partial charge is 0.394 e. The number of rotatable bonds is 12. The van der Waals surface area contributed by atoms with Crippen LogP contribution in [0.1, 0.15) is 0 Å². The molecule has 22 heteroatoms. The lowest BCUT2D eigenvalue weighted by atomic mass is 9.97. The van der Waals surface area contributed by atoms with Crippen molar-refractivity contribution in [3.63, 3.8) is 0 Å². The molecule has 0 aromatic heterocycles. The van der Waals surface area contributed by atoms with Crippen molar-refractivity contribution < 1.29 is 110 Å². The van der Waals surface area contributed by atoms with Crippen molar-refractivity contribution in [2.24, 2.45) is 0 Å². The minimum absolute atomic E-state index is 0.667. The molecule has 3 aliphatic rings. The van der Waals surface area contributed by atoms with Gasteiger partial charge in [0.2, 0.25) is 0 Å². The van der Waals surface area contributed by atoms with E-state index >= 15 is 0 Å². The Kier molecular flexibility index (Phi) is 16.5. The Morgan fingerprint density at radius 3 is 1.54 bits per heavy atom. The van der Waals surface area contributed by atoms with Gasteiger partial charge in [-0.25, -0.2) is 0 Å². The highest BCUT2D eigenvalue weighted by atomic mass is 16.7. The first-order valence-corrected chi connectivity index (χ1v) is 13.9. The normalized spacial score (nSPS) is 43.6. The lowest BCUT2D eigenvalue weighted by Gasteiger charge is -2.45. The maximum absolute atomic E-state index is 11.0. The summed E-state index contributed by atoms with van der Waals surface area (Å²) in [6.07, 6.45) is -29.0. The van der Waals surface area contributed by atoms with Crippen LogP contribution in [0.4, 0.5) is 0 Å². The molecule has 0 saturated carbocycles. The second-order valence-corrected chi connectivity index (χ2v) is 10.7. The molecule has 0 aromatic rings. The van der Waals surface area contributed by atoms with E-state index in [1.54, 1.807) is 0 Å². The molecule has 3 saturated heterocycles. The quantitative estimate of drug-likeness (QED) is 0.0907. The lowest BCUT2D eigenvalue weighted by Crippen LogP contribution is -2.64. The maximum Gasteiger partial charge on any atom is 0.189 e. The Balaban J connectivity index is 0.000000320. The van der Waals surface area contributed by atoms with Crippen LogP contribution in [-0.2, 0) is 28.5 Å². The van der Waals surface area contributed by atoms with Gasteiger partial charge in [-0.3, -0.25) is 4.79 Å². The number of Topliss-reactive ketones (excluding diaryl/α,β-unsaturated/α-hetero) is 1. The number of aliphatic hydroxyl groups excluding tert-OH is 16. The van der Waals surface area contributed by atoms with E-state index < -0.39 is 149 Å². The zero-order valence-corrected chi connectivity index (χ0v) is 24.0. The highest BCUT2D eigenvalue weighted by molar-refractivity contribution is 5.84. The van der Waals surface area contributed by atoms with Crippen LogP contribution in [0.3, 0.4) is 0 Å². The van der Waals surface area contributed by atoms with Crippen molar-refractivity contribution in [1.29, 1.82) is 0 Å². The summed E-state index contributed by atoms with van der Waals surface area (Å²) in [5, 5.41) is 151. The molecule has 0 unspecified atom stereocenters. The Morgan fingerprint density at radius 1 is 0.587 bits per heavy atom. The van der Waals surface area contributed by atoms with E-state index in [0.29, 0.717) is 0 Å². The van der Waals surface area contributed by atoms with E-state index in [1.807, 2.05) is 0 Å². The average Bonchev–Trinajstić information content (AvgIpc) is 3.05. The van der Waals surface area contributed by atoms with Gasteiger partial charge in [-0.1, -0.05) is 0 Å². The topological polar surface area (TPSA) is 387 Å². The smallest absolute Gasteiger partial charge is 0.189 e. The third-order valence-electron chi connectivity index (χ3n) is 7.46. The number of hydrogen-bond acceptors (Lipinski definition) is 22. The third kappa shape index (κ3) is 9.71. The molecule has 0 aromatic carbocycles. The number of ketones is 1. The van der Waals surface area contributed by atoms with Crippen molar-refractivity contribution >= 4 is 5.78 Å². The van der Waals surface area contributed by atoms with E-state index in [0.717, 1.165) is 0 Å². The highest BCUT2D eigenvalue weighted by Gasteiger charge is 2.50. The molecule has 0 amide bonds. The summed E-state index contributed by atoms with van der Waals surface area (Å²) in [5.41, 5.74) is 0. The fourth-order valence-electron chi connectivity index (χ4n) is 4.56. The van der Waals surface area contributed by atoms with E-state index in [1.165, 1.54) is 0 Å². The summed E-state index contributed by atoms with van der Waals surface area (Å²) < 4.78 is 25.2. The zero-order valence-electron chi connectivity index (χ0n) is 24.0. The fraction of sp³-hybridized carbons (Fsp3) is 0.958. The van der Waals surface area contributed by atoms with Crippen LogP contribution in [0, 0.1) is 0 Å².